The minimum atomic E-state index is -1.22. The lowest BCUT2D eigenvalue weighted by Gasteiger charge is -2.62. The zero-order chi connectivity index (χ0) is 15.6. The minimum absolute atomic E-state index is 0.0510. The van der Waals surface area contributed by atoms with Gasteiger partial charge >= 0.3 is 0 Å². The Kier molecular flexibility index (Phi) is 2.64. The molecule has 2 atom stereocenters. The average molecular weight is 301 g/mol. The number of benzene rings is 1. The van der Waals surface area contributed by atoms with Gasteiger partial charge in [0.15, 0.2) is 0 Å². The minimum Gasteiger partial charge on any atom is -0.353 e. The second kappa shape index (κ2) is 4.18. The number of Topliss-reactive ketones (excluding diaryl/α,β-unsaturated/α-hetero) is 1. The van der Waals surface area contributed by atoms with Crippen molar-refractivity contribution in [3.63, 3.8) is 0 Å². The molecule has 0 aromatic heterocycles. The normalized spacial score (nSPS) is 36.4. The summed E-state index contributed by atoms with van der Waals surface area (Å²) in [5, 5.41) is 0. The number of ether oxygens (including phenoxy) is 2. The largest absolute Gasteiger partial charge is 0.353 e. The van der Waals surface area contributed by atoms with E-state index >= 15 is 0 Å². The van der Waals surface area contributed by atoms with E-state index in [0.29, 0.717) is 19.6 Å². The van der Waals surface area contributed by atoms with Gasteiger partial charge in [-0.25, -0.2) is 0 Å². The van der Waals surface area contributed by atoms with Crippen molar-refractivity contribution >= 4 is 11.7 Å². The zero-order valence-corrected chi connectivity index (χ0v) is 12.8. The Bertz CT molecular complexity index is 656. The third kappa shape index (κ3) is 1.50. The van der Waals surface area contributed by atoms with Gasteiger partial charge in [-0.05, 0) is 13.8 Å². The number of ketones is 1. The summed E-state index contributed by atoms with van der Waals surface area (Å²) < 4.78 is 12.3. The summed E-state index contributed by atoms with van der Waals surface area (Å²) in [6, 6.07) is 9.61. The van der Waals surface area contributed by atoms with Gasteiger partial charge in [-0.3, -0.25) is 9.59 Å². The molecule has 2 unspecified atom stereocenters. The molecule has 1 amide bonds. The molecule has 3 heterocycles. The molecule has 3 saturated heterocycles. The second-order valence-electron chi connectivity index (χ2n) is 6.90. The van der Waals surface area contributed by atoms with Crippen LogP contribution in [0.3, 0.4) is 0 Å². The topological polar surface area (TPSA) is 55.8 Å². The Morgan fingerprint density at radius 3 is 2.50 bits per heavy atom. The van der Waals surface area contributed by atoms with Crippen molar-refractivity contribution in [2.75, 3.05) is 13.2 Å². The first-order valence-electron chi connectivity index (χ1n) is 7.65. The molecule has 3 aliphatic heterocycles. The Morgan fingerprint density at radius 2 is 1.82 bits per heavy atom. The van der Waals surface area contributed by atoms with Gasteiger partial charge in [0.2, 0.25) is 11.3 Å². The van der Waals surface area contributed by atoms with E-state index in [0.717, 1.165) is 5.56 Å². The molecule has 0 saturated carbocycles. The highest BCUT2D eigenvalue weighted by atomic mass is 16.6. The van der Waals surface area contributed by atoms with Gasteiger partial charge in [0.1, 0.15) is 5.78 Å². The first-order valence-corrected chi connectivity index (χ1v) is 7.65. The number of amides is 1. The van der Waals surface area contributed by atoms with E-state index in [9.17, 15) is 9.59 Å². The van der Waals surface area contributed by atoms with Crippen LogP contribution in [0.4, 0.5) is 0 Å². The summed E-state index contributed by atoms with van der Waals surface area (Å²) in [5.41, 5.74) is -1.97. The quantitative estimate of drug-likeness (QED) is 0.740. The summed E-state index contributed by atoms with van der Waals surface area (Å²) in [7, 11) is 0. The van der Waals surface area contributed by atoms with E-state index in [1.165, 1.54) is 0 Å². The maximum atomic E-state index is 12.8. The summed E-state index contributed by atoms with van der Waals surface area (Å²) in [6.45, 7) is 4.71. The fraction of sp³-hybridized carbons (Fsp3) is 0.529. The van der Waals surface area contributed by atoms with Crippen LogP contribution >= 0.6 is 0 Å². The standard InChI is InChI=1S/C17H19NO4/c1-15(2)10-13(19)11-16(22-15)14(20)18-8-9-21-17(16,18)12-6-4-3-5-7-12/h3-7H,8-11H2,1-2H3. The SMILES string of the molecule is CC1(C)CC(=O)CC2(O1)C(=O)N1CCOC12c1ccccc1. The smallest absolute Gasteiger partial charge is 0.263 e. The van der Waals surface area contributed by atoms with Crippen LogP contribution in [-0.2, 0) is 24.8 Å². The maximum absolute atomic E-state index is 12.8. The van der Waals surface area contributed by atoms with Crippen LogP contribution in [0.1, 0.15) is 32.3 Å². The number of hydrogen-bond donors (Lipinski definition) is 0. The van der Waals surface area contributed by atoms with Gasteiger partial charge in [-0.2, -0.15) is 0 Å². The summed E-state index contributed by atoms with van der Waals surface area (Å²) >= 11 is 0. The molecule has 5 nitrogen and oxygen atoms in total. The molecule has 0 aliphatic carbocycles. The molecule has 5 heteroatoms. The number of hydrogen-bond acceptors (Lipinski definition) is 4. The van der Waals surface area contributed by atoms with Crippen LogP contribution in [0.5, 0.6) is 0 Å². The van der Waals surface area contributed by atoms with Crippen LogP contribution < -0.4 is 0 Å². The third-order valence-electron chi connectivity index (χ3n) is 4.83. The van der Waals surface area contributed by atoms with Gasteiger partial charge in [-0.1, -0.05) is 30.3 Å². The molecule has 22 heavy (non-hydrogen) atoms. The second-order valence-corrected chi connectivity index (χ2v) is 6.90. The molecule has 116 valence electrons. The van der Waals surface area contributed by atoms with E-state index in [4.69, 9.17) is 9.47 Å². The number of β-lactam (4-membered cyclic amide) rings is 1. The van der Waals surface area contributed by atoms with Crippen LogP contribution in [-0.4, -0.2) is 40.9 Å². The average Bonchev–Trinajstić information content (AvgIpc) is 2.88. The summed E-state index contributed by atoms with van der Waals surface area (Å²) in [5.74, 6) is -0.0787. The van der Waals surface area contributed by atoms with Gasteiger partial charge in [0.25, 0.3) is 5.91 Å². The first-order chi connectivity index (χ1) is 10.4. The fourth-order valence-corrected chi connectivity index (χ4v) is 4.21. The molecule has 0 N–H and O–H groups in total. The highest BCUT2D eigenvalue weighted by Gasteiger charge is 2.78. The van der Waals surface area contributed by atoms with Crippen LogP contribution in [0.2, 0.25) is 0 Å². The first kappa shape index (κ1) is 13.9. The van der Waals surface area contributed by atoms with E-state index in [2.05, 4.69) is 0 Å². The molecular weight excluding hydrogens is 282 g/mol. The highest BCUT2D eigenvalue weighted by Crippen LogP contribution is 2.59. The van der Waals surface area contributed by atoms with E-state index in [1.54, 1.807) is 4.90 Å². The molecule has 1 aromatic carbocycles. The lowest BCUT2D eigenvalue weighted by atomic mass is 9.68. The maximum Gasteiger partial charge on any atom is 0.263 e. The Labute approximate surface area is 129 Å². The molecule has 0 radical (unpaired) electrons. The van der Waals surface area contributed by atoms with E-state index in [1.807, 2.05) is 44.2 Å². The molecule has 4 rings (SSSR count). The summed E-state index contributed by atoms with van der Waals surface area (Å²) in [4.78, 5) is 26.8. The summed E-state index contributed by atoms with van der Waals surface area (Å²) in [6.07, 6.45) is 0.410. The van der Waals surface area contributed by atoms with Gasteiger partial charge < -0.3 is 14.4 Å². The number of carbonyl (C=O) groups excluding carboxylic acids is 2. The fourth-order valence-electron chi connectivity index (χ4n) is 4.21. The van der Waals surface area contributed by atoms with Crippen molar-refractivity contribution in [3.8, 4) is 0 Å². The Morgan fingerprint density at radius 1 is 1.09 bits per heavy atom. The van der Waals surface area contributed by atoms with Crippen LogP contribution in [0, 0.1) is 0 Å². The monoisotopic (exact) mass is 301 g/mol. The number of rotatable bonds is 1. The lowest BCUT2D eigenvalue weighted by Crippen LogP contribution is -2.82. The lowest BCUT2D eigenvalue weighted by molar-refractivity contribution is -0.320. The molecule has 1 aromatic rings. The predicted molar refractivity (Wildman–Crippen MR) is 77.9 cm³/mol. The van der Waals surface area contributed by atoms with Gasteiger partial charge in [0.05, 0.1) is 12.2 Å². The predicted octanol–water partition coefficient (Wildman–Crippen LogP) is 1.61. The molecule has 3 aliphatic rings. The highest BCUT2D eigenvalue weighted by molar-refractivity contribution is 6.00. The van der Waals surface area contributed by atoms with Crippen molar-refractivity contribution in [1.29, 1.82) is 0 Å². The van der Waals surface area contributed by atoms with Gasteiger partial charge in [-0.15, -0.1) is 0 Å². The Balaban J connectivity index is 1.88. The Hall–Kier alpha value is -1.72. The molecule has 1 spiro atoms. The van der Waals surface area contributed by atoms with E-state index < -0.39 is 16.9 Å². The number of fused-ring (bicyclic) bond motifs is 2. The van der Waals surface area contributed by atoms with Crippen molar-refractivity contribution < 1.29 is 19.1 Å². The third-order valence-corrected chi connectivity index (χ3v) is 4.83. The number of carbonyl (C=O) groups is 2. The molecule has 0 bridgehead atoms. The van der Waals surface area contributed by atoms with Crippen molar-refractivity contribution in [3.05, 3.63) is 35.9 Å². The van der Waals surface area contributed by atoms with Crippen LogP contribution in [0.25, 0.3) is 0 Å². The van der Waals surface area contributed by atoms with Crippen molar-refractivity contribution in [2.24, 2.45) is 0 Å². The van der Waals surface area contributed by atoms with E-state index in [-0.39, 0.29) is 18.1 Å². The zero-order valence-electron chi connectivity index (χ0n) is 12.8. The van der Waals surface area contributed by atoms with Crippen molar-refractivity contribution in [1.82, 2.24) is 4.90 Å². The molecular formula is C17H19NO4. The van der Waals surface area contributed by atoms with Crippen LogP contribution in [0.15, 0.2) is 30.3 Å². The van der Waals surface area contributed by atoms with Crippen molar-refractivity contribution in [2.45, 2.75) is 43.6 Å². The number of nitrogens with zero attached hydrogens (tertiary/aromatic N) is 1. The molecule has 3 fully saturated rings. The van der Waals surface area contributed by atoms with Gasteiger partial charge in [0, 0.05) is 24.9 Å².